The van der Waals surface area contributed by atoms with Crippen molar-refractivity contribution in [3.63, 3.8) is 0 Å². The van der Waals surface area contributed by atoms with Gasteiger partial charge in [0.05, 0.1) is 34.4 Å². The second-order valence-corrected chi connectivity index (χ2v) is 8.58. The number of aromatic nitrogens is 2. The number of fused-ring (bicyclic) bond motifs is 1. The topological polar surface area (TPSA) is 93.2 Å². The zero-order valence-corrected chi connectivity index (χ0v) is 18.9. The molecule has 1 aromatic heterocycles. The van der Waals surface area contributed by atoms with Crippen LogP contribution in [0.1, 0.15) is 16.1 Å². The van der Waals surface area contributed by atoms with Crippen LogP contribution in [-0.2, 0) is 13.1 Å². The fraction of sp³-hybridized carbons (Fsp3) is 0.150. The summed E-state index contributed by atoms with van der Waals surface area (Å²) in [6, 6.07) is 9.12. The van der Waals surface area contributed by atoms with E-state index >= 15 is 0 Å². The zero-order valence-electron chi connectivity index (χ0n) is 15.8. The molecule has 1 aliphatic heterocycles. The lowest BCUT2D eigenvalue weighted by molar-refractivity contribution is 0.102. The van der Waals surface area contributed by atoms with E-state index in [1.54, 1.807) is 41.1 Å². The summed E-state index contributed by atoms with van der Waals surface area (Å²) in [7, 11) is 0. The smallest absolute Gasteiger partial charge is 0.315 e. The molecule has 0 saturated carbocycles. The van der Waals surface area contributed by atoms with Crippen molar-refractivity contribution in [3.05, 3.63) is 67.7 Å². The third kappa shape index (κ3) is 4.45. The van der Waals surface area contributed by atoms with Gasteiger partial charge in [-0.15, -0.1) is 0 Å². The first-order chi connectivity index (χ1) is 14.7. The predicted octanol–water partition coefficient (Wildman–Crippen LogP) is 5.31. The van der Waals surface area contributed by atoms with Gasteiger partial charge in [0, 0.05) is 27.8 Å². The largest absolute Gasteiger partial charge is 0.351 e. The summed E-state index contributed by atoms with van der Waals surface area (Å²) in [6.45, 7) is 0.911. The van der Waals surface area contributed by atoms with Crippen LogP contribution in [0.2, 0.25) is 20.1 Å². The van der Waals surface area contributed by atoms with Crippen LogP contribution in [0, 0.1) is 0 Å². The Bertz CT molecular complexity index is 1190. The molecule has 0 fully saturated rings. The summed E-state index contributed by atoms with van der Waals surface area (Å²) in [4.78, 5) is 26.5. The van der Waals surface area contributed by atoms with E-state index in [2.05, 4.69) is 10.4 Å². The Morgan fingerprint density at radius 3 is 2.32 bits per heavy atom. The number of primary amides is 1. The fourth-order valence-corrected chi connectivity index (χ4v) is 4.23. The van der Waals surface area contributed by atoms with E-state index < -0.39 is 11.9 Å². The molecular weight excluding hydrogens is 484 g/mol. The number of nitrogens with two attached hydrogens (primary N) is 1. The van der Waals surface area contributed by atoms with E-state index in [9.17, 15) is 9.59 Å². The van der Waals surface area contributed by atoms with E-state index in [4.69, 9.17) is 52.1 Å². The van der Waals surface area contributed by atoms with Crippen LogP contribution in [0.4, 0.5) is 10.5 Å². The van der Waals surface area contributed by atoms with Crippen LogP contribution in [-0.4, -0.2) is 33.2 Å². The van der Waals surface area contributed by atoms with Crippen molar-refractivity contribution in [1.82, 2.24) is 14.7 Å². The molecule has 2 heterocycles. The molecule has 0 radical (unpaired) electrons. The zero-order chi connectivity index (χ0) is 22.3. The maximum absolute atomic E-state index is 13.3. The van der Waals surface area contributed by atoms with Crippen molar-refractivity contribution in [2.24, 2.45) is 5.73 Å². The predicted molar refractivity (Wildman–Crippen MR) is 122 cm³/mol. The Labute approximate surface area is 197 Å². The molecule has 3 N–H and O–H groups in total. The van der Waals surface area contributed by atoms with Crippen molar-refractivity contribution < 1.29 is 9.59 Å². The number of amides is 3. The molecule has 3 amide bonds. The van der Waals surface area contributed by atoms with Crippen LogP contribution < -0.4 is 11.1 Å². The van der Waals surface area contributed by atoms with Gasteiger partial charge in [-0.3, -0.25) is 9.48 Å². The molecule has 4 rings (SSSR count). The number of hydrogen-bond acceptors (Lipinski definition) is 3. The van der Waals surface area contributed by atoms with Crippen molar-refractivity contribution in [2.45, 2.75) is 13.1 Å². The van der Waals surface area contributed by atoms with Gasteiger partial charge >= 0.3 is 6.03 Å². The number of urea groups is 1. The Morgan fingerprint density at radius 1 is 0.968 bits per heavy atom. The van der Waals surface area contributed by atoms with E-state index in [1.807, 2.05) is 0 Å². The first-order valence-corrected chi connectivity index (χ1v) is 10.6. The Balaban J connectivity index is 1.81. The van der Waals surface area contributed by atoms with Gasteiger partial charge in [0.25, 0.3) is 5.91 Å². The number of carbonyl (C=O) groups excluding carboxylic acids is 2. The third-order valence-electron chi connectivity index (χ3n) is 4.83. The molecule has 160 valence electrons. The van der Waals surface area contributed by atoms with Gasteiger partial charge in [-0.1, -0.05) is 46.4 Å². The van der Waals surface area contributed by atoms with Crippen molar-refractivity contribution in [1.29, 1.82) is 0 Å². The lowest BCUT2D eigenvalue weighted by atomic mass is 10.0. The first kappa shape index (κ1) is 21.8. The van der Waals surface area contributed by atoms with Crippen LogP contribution in [0.5, 0.6) is 0 Å². The minimum absolute atomic E-state index is 0.140. The second-order valence-electron chi connectivity index (χ2n) is 6.89. The average molecular weight is 499 g/mol. The SMILES string of the molecule is NC(=O)N1CCn2nc(-c3cc(Cl)cc(Cl)c3)c(C(=O)Nc3ccc(Cl)c(Cl)c3)c2C1. The summed E-state index contributed by atoms with van der Waals surface area (Å²) in [5.74, 6) is -0.433. The van der Waals surface area contributed by atoms with E-state index in [0.29, 0.717) is 55.8 Å². The number of nitrogens with one attached hydrogen (secondary N) is 1. The molecule has 31 heavy (non-hydrogen) atoms. The number of rotatable bonds is 3. The van der Waals surface area contributed by atoms with Crippen molar-refractivity contribution in [3.8, 4) is 11.3 Å². The van der Waals surface area contributed by atoms with Crippen LogP contribution in [0.15, 0.2) is 36.4 Å². The van der Waals surface area contributed by atoms with Gasteiger partial charge in [-0.05, 0) is 36.4 Å². The van der Waals surface area contributed by atoms with E-state index in [0.717, 1.165) is 0 Å². The van der Waals surface area contributed by atoms with Gasteiger partial charge in [0.2, 0.25) is 0 Å². The third-order valence-corrected chi connectivity index (χ3v) is 6.01. The highest BCUT2D eigenvalue weighted by molar-refractivity contribution is 6.42. The highest BCUT2D eigenvalue weighted by atomic mass is 35.5. The number of benzene rings is 2. The number of halogens is 4. The Kier molecular flexibility index (Phi) is 6.03. The van der Waals surface area contributed by atoms with Gasteiger partial charge in [-0.2, -0.15) is 5.10 Å². The first-order valence-electron chi connectivity index (χ1n) is 9.10. The molecule has 0 spiro atoms. The van der Waals surface area contributed by atoms with Crippen molar-refractivity contribution in [2.75, 3.05) is 11.9 Å². The Morgan fingerprint density at radius 2 is 1.68 bits per heavy atom. The molecule has 0 bridgehead atoms. The van der Waals surface area contributed by atoms with Gasteiger partial charge in [-0.25, -0.2) is 4.79 Å². The lowest BCUT2D eigenvalue weighted by Gasteiger charge is -2.26. The quantitative estimate of drug-likeness (QED) is 0.512. The summed E-state index contributed by atoms with van der Waals surface area (Å²) in [5, 5.41) is 8.90. The summed E-state index contributed by atoms with van der Waals surface area (Å²) < 4.78 is 1.69. The number of carbonyl (C=O) groups is 2. The molecule has 2 aromatic carbocycles. The van der Waals surface area contributed by atoms with Crippen LogP contribution in [0.3, 0.4) is 0 Å². The van der Waals surface area contributed by atoms with Gasteiger partial charge in [0.15, 0.2) is 0 Å². The number of anilines is 1. The molecular formula is C20H15Cl4N5O2. The standard InChI is InChI=1S/C20H15Cl4N5O2/c21-11-5-10(6-12(22)7-11)18-17(16-9-28(20(25)31)3-4-29(16)27-18)19(30)26-13-1-2-14(23)15(24)8-13/h1-2,5-8H,3-4,9H2,(H2,25,31)(H,26,30). The fourth-order valence-electron chi connectivity index (χ4n) is 3.40. The molecule has 3 aromatic rings. The molecule has 11 heteroatoms. The average Bonchev–Trinajstić information content (AvgIpc) is 3.09. The molecule has 0 atom stereocenters. The number of hydrogen-bond donors (Lipinski definition) is 2. The lowest BCUT2D eigenvalue weighted by Crippen LogP contribution is -2.42. The summed E-state index contributed by atoms with van der Waals surface area (Å²) in [6.07, 6.45) is 0. The number of nitrogens with zero attached hydrogens (tertiary/aromatic N) is 3. The molecule has 0 aliphatic carbocycles. The molecule has 1 aliphatic rings. The van der Waals surface area contributed by atoms with Crippen LogP contribution >= 0.6 is 46.4 Å². The minimum Gasteiger partial charge on any atom is -0.351 e. The minimum atomic E-state index is -0.573. The highest BCUT2D eigenvalue weighted by Crippen LogP contribution is 2.33. The normalized spacial score (nSPS) is 13.1. The monoisotopic (exact) mass is 497 g/mol. The maximum Gasteiger partial charge on any atom is 0.315 e. The van der Waals surface area contributed by atoms with E-state index in [1.165, 1.54) is 4.90 Å². The molecule has 0 saturated heterocycles. The summed E-state index contributed by atoms with van der Waals surface area (Å²) >= 11 is 24.4. The summed E-state index contributed by atoms with van der Waals surface area (Å²) in [5.41, 5.74) is 7.72. The molecule has 7 nitrogen and oxygen atoms in total. The second kappa shape index (κ2) is 8.59. The maximum atomic E-state index is 13.3. The van der Waals surface area contributed by atoms with Crippen LogP contribution in [0.25, 0.3) is 11.3 Å². The molecule has 0 unspecified atom stereocenters. The Hall–Kier alpha value is -2.45. The van der Waals surface area contributed by atoms with Gasteiger partial charge in [0.1, 0.15) is 5.69 Å². The highest BCUT2D eigenvalue weighted by Gasteiger charge is 2.30. The van der Waals surface area contributed by atoms with E-state index in [-0.39, 0.29) is 12.1 Å². The van der Waals surface area contributed by atoms with Crippen molar-refractivity contribution >= 4 is 64.0 Å². The van der Waals surface area contributed by atoms with Gasteiger partial charge < -0.3 is 16.0 Å².